The van der Waals surface area contributed by atoms with Gasteiger partial charge in [0.25, 0.3) is 0 Å². The van der Waals surface area contributed by atoms with Crippen LogP contribution < -0.4 is 5.73 Å². The Balaban J connectivity index is 4.99. The fourth-order valence-electron chi connectivity index (χ4n) is 2.29. The molecule has 0 radical (unpaired) electrons. The lowest BCUT2D eigenvalue weighted by Gasteiger charge is -2.42. The number of rotatable bonds is 8. The molecule has 1 atom stereocenters. The molecule has 0 aromatic heterocycles. The van der Waals surface area contributed by atoms with Gasteiger partial charge in [-0.05, 0) is 24.2 Å². The molecule has 2 N–H and O–H groups in total. The Hall–Kier alpha value is -0.570. The van der Waals surface area contributed by atoms with Gasteiger partial charge in [0, 0.05) is 6.54 Å². The molecule has 1 unspecified atom stereocenters. The number of nitrogens with two attached hydrogens (primary N) is 1. The van der Waals surface area contributed by atoms with E-state index >= 15 is 0 Å². The first kappa shape index (κ1) is 17.4. The van der Waals surface area contributed by atoms with Crippen molar-refractivity contribution in [1.82, 2.24) is 0 Å². The number of carbonyl (C=O) groups excluding carboxylic acids is 1. The number of esters is 1. The summed E-state index contributed by atoms with van der Waals surface area (Å²) >= 11 is 0. The van der Waals surface area contributed by atoms with Crippen LogP contribution in [0.25, 0.3) is 0 Å². The summed E-state index contributed by atoms with van der Waals surface area (Å²) in [5, 5.41) is 0. The number of ether oxygens (including phenoxy) is 1. The first-order valence-corrected chi connectivity index (χ1v) is 7.15. The summed E-state index contributed by atoms with van der Waals surface area (Å²) in [7, 11) is 0. The van der Waals surface area contributed by atoms with Crippen LogP contribution in [0.5, 0.6) is 0 Å². The molecule has 0 aliphatic rings. The van der Waals surface area contributed by atoms with Crippen molar-refractivity contribution in [3.8, 4) is 0 Å². The summed E-state index contributed by atoms with van der Waals surface area (Å²) in [6, 6.07) is 0. The van der Waals surface area contributed by atoms with Crippen LogP contribution in [0.2, 0.25) is 0 Å². The average Bonchev–Trinajstić information content (AvgIpc) is 2.27. The maximum absolute atomic E-state index is 11.8. The molecule has 0 bridgehead atoms. The van der Waals surface area contributed by atoms with E-state index in [0.717, 1.165) is 19.3 Å². The van der Waals surface area contributed by atoms with Gasteiger partial charge in [-0.15, -0.1) is 0 Å². The van der Waals surface area contributed by atoms with Crippen LogP contribution in [0, 0.1) is 11.3 Å². The maximum atomic E-state index is 11.8. The molecule has 0 aliphatic carbocycles. The Labute approximate surface area is 112 Å². The summed E-state index contributed by atoms with van der Waals surface area (Å²) in [6.45, 7) is 13.4. The van der Waals surface area contributed by atoms with E-state index in [9.17, 15) is 4.79 Å². The molecule has 0 rings (SSSR count). The number of hydrogen-bond donors (Lipinski definition) is 1. The van der Waals surface area contributed by atoms with Gasteiger partial charge in [0.05, 0.1) is 6.42 Å². The Morgan fingerprint density at radius 3 is 2.11 bits per heavy atom. The monoisotopic (exact) mass is 257 g/mol. The Morgan fingerprint density at radius 1 is 1.22 bits per heavy atom. The predicted octanol–water partition coefficient (Wildman–Crippen LogP) is 3.51. The predicted molar refractivity (Wildman–Crippen MR) is 76.3 cm³/mol. The lowest BCUT2D eigenvalue weighted by molar-refractivity contribution is -0.170. The van der Waals surface area contributed by atoms with Crippen molar-refractivity contribution in [3.63, 3.8) is 0 Å². The highest BCUT2D eigenvalue weighted by Crippen LogP contribution is 2.40. The topological polar surface area (TPSA) is 52.3 Å². The van der Waals surface area contributed by atoms with Crippen LogP contribution >= 0.6 is 0 Å². The molecule has 0 amide bonds. The van der Waals surface area contributed by atoms with E-state index < -0.39 is 0 Å². The molecule has 0 spiro atoms. The fraction of sp³-hybridized carbons (Fsp3) is 0.933. The third kappa shape index (κ3) is 4.97. The minimum absolute atomic E-state index is 0.167. The Kier molecular flexibility index (Phi) is 6.90. The minimum atomic E-state index is -0.355. The summed E-state index contributed by atoms with van der Waals surface area (Å²) in [6.07, 6.45) is 3.14. The van der Waals surface area contributed by atoms with Gasteiger partial charge in [-0.1, -0.05) is 48.0 Å². The molecule has 18 heavy (non-hydrogen) atoms. The first-order chi connectivity index (χ1) is 8.23. The zero-order chi connectivity index (χ0) is 14.4. The summed E-state index contributed by atoms with van der Waals surface area (Å²) in [4.78, 5) is 11.8. The molecule has 0 aromatic rings. The fourth-order valence-corrected chi connectivity index (χ4v) is 2.29. The van der Waals surface area contributed by atoms with Crippen LogP contribution in [0.1, 0.15) is 67.2 Å². The van der Waals surface area contributed by atoms with Gasteiger partial charge in [0.1, 0.15) is 5.60 Å². The van der Waals surface area contributed by atoms with Crippen molar-refractivity contribution in [3.05, 3.63) is 0 Å². The van der Waals surface area contributed by atoms with Gasteiger partial charge in [-0.3, -0.25) is 4.79 Å². The molecule has 0 fully saturated rings. The molecule has 108 valence electrons. The average molecular weight is 257 g/mol. The second kappa shape index (κ2) is 7.13. The zero-order valence-corrected chi connectivity index (χ0v) is 13.0. The van der Waals surface area contributed by atoms with Gasteiger partial charge >= 0.3 is 5.97 Å². The van der Waals surface area contributed by atoms with E-state index in [4.69, 9.17) is 10.5 Å². The van der Waals surface area contributed by atoms with Gasteiger partial charge < -0.3 is 10.5 Å². The number of carbonyl (C=O) groups is 1. The van der Waals surface area contributed by atoms with E-state index in [-0.39, 0.29) is 17.0 Å². The maximum Gasteiger partial charge on any atom is 0.307 e. The van der Waals surface area contributed by atoms with E-state index in [1.54, 1.807) is 0 Å². The molecule has 3 nitrogen and oxygen atoms in total. The van der Waals surface area contributed by atoms with Crippen molar-refractivity contribution in [2.75, 3.05) is 6.54 Å². The standard InChI is InChI=1S/C15H31NO2/c1-7-14(5,6)11-15(8-2,12(3)4)18-13(17)9-10-16/h12H,7-11,16H2,1-6H3. The highest BCUT2D eigenvalue weighted by atomic mass is 16.6. The number of hydrogen-bond acceptors (Lipinski definition) is 3. The van der Waals surface area contributed by atoms with Crippen LogP contribution in [0.15, 0.2) is 0 Å². The van der Waals surface area contributed by atoms with E-state index in [1.165, 1.54) is 0 Å². The van der Waals surface area contributed by atoms with E-state index in [0.29, 0.717) is 18.9 Å². The lowest BCUT2D eigenvalue weighted by Crippen LogP contribution is -2.43. The van der Waals surface area contributed by atoms with Gasteiger partial charge in [0.2, 0.25) is 0 Å². The minimum Gasteiger partial charge on any atom is -0.459 e. The molecule has 0 aromatic carbocycles. The molecule has 0 saturated carbocycles. The molecule has 0 heterocycles. The van der Waals surface area contributed by atoms with Crippen LogP contribution in [-0.2, 0) is 9.53 Å². The molecule has 0 saturated heterocycles. The van der Waals surface area contributed by atoms with Crippen molar-refractivity contribution in [2.45, 2.75) is 72.8 Å². The van der Waals surface area contributed by atoms with Crippen LogP contribution in [0.3, 0.4) is 0 Å². The summed E-state index contributed by atoms with van der Waals surface area (Å²) in [5.41, 5.74) is 5.25. The molecular formula is C15H31NO2. The SMILES string of the molecule is CCC(C)(C)CC(CC)(OC(=O)CCN)C(C)C. The quantitative estimate of drug-likeness (QED) is 0.677. The Bertz CT molecular complexity index is 261. The normalized spacial score (nSPS) is 15.6. The lowest BCUT2D eigenvalue weighted by atomic mass is 9.72. The van der Waals surface area contributed by atoms with Gasteiger partial charge in [-0.25, -0.2) is 0 Å². The van der Waals surface area contributed by atoms with Gasteiger partial charge in [0.15, 0.2) is 0 Å². The second-order valence-corrected chi connectivity index (χ2v) is 6.28. The third-order valence-electron chi connectivity index (χ3n) is 4.05. The highest BCUT2D eigenvalue weighted by Gasteiger charge is 2.40. The summed E-state index contributed by atoms with van der Waals surface area (Å²) in [5.74, 6) is 0.148. The van der Waals surface area contributed by atoms with Crippen molar-refractivity contribution in [1.29, 1.82) is 0 Å². The van der Waals surface area contributed by atoms with E-state index in [1.807, 2.05) is 0 Å². The summed E-state index contributed by atoms with van der Waals surface area (Å²) < 4.78 is 5.81. The molecule has 0 aliphatic heterocycles. The molecule has 3 heteroatoms. The highest BCUT2D eigenvalue weighted by molar-refractivity contribution is 5.70. The van der Waals surface area contributed by atoms with Crippen LogP contribution in [-0.4, -0.2) is 18.1 Å². The third-order valence-corrected chi connectivity index (χ3v) is 4.05. The van der Waals surface area contributed by atoms with Crippen LogP contribution in [0.4, 0.5) is 0 Å². The van der Waals surface area contributed by atoms with Crippen molar-refractivity contribution in [2.24, 2.45) is 17.1 Å². The first-order valence-electron chi connectivity index (χ1n) is 7.15. The second-order valence-electron chi connectivity index (χ2n) is 6.28. The Morgan fingerprint density at radius 2 is 1.78 bits per heavy atom. The van der Waals surface area contributed by atoms with E-state index in [2.05, 4.69) is 41.5 Å². The van der Waals surface area contributed by atoms with Crippen molar-refractivity contribution >= 4 is 5.97 Å². The van der Waals surface area contributed by atoms with Crippen molar-refractivity contribution < 1.29 is 9.53 Å². The smallest absolute Gasteiger partial charge is 0.307 e. The molecular weight excluding hydrogens is 226 g/mol. The zero-order valence-electron chi connectivity index (χ0n) is 13.0. The van der Waals surface area contributed by atoms with Gasteiger partial charge in [-0.2, -0.15) is 0 Å². The largest absolute Gasteiger partial charge is 0.459 e.